The Morgan fingerprint density at radius 2 is 1.83 bits per heavy atom. The van der Waals surface area contributed by atoms with Crippen LogP contribution in [0.3, 0.4) is 0 Å². The molecule has 1 amide bonds. The molecule has 2 heterocycles. The average molecular weight is 410 g/mol. The Labute approximate surface area is 175 Å². The lowest BCUT2D eigenvalue weighted by Crippen LogP contribution is -2.49. The number of amides is 1. The molecule has 6 heteroatoms. The first-order valence-corrected chi connectivity index (χ1v) is 10.9. The fraction of sp³-hybridized carbons (Fsp3) is 0.391. The van der Waals surface area contributed by atoms with E-state index >= 15 is 0 Å². The second-order valence-electron chi connectivity index (χ2n) is 7.74. The number of nitrogens with zero attached hydrogens (tertiary/aromatic N) is 3. The van der Waals surface area contributed by atoms with E-state index in [4.69, 9.17) is 9.72 Å². The molecule has 0 bridgehead atoms. The van der Waals surface area contributed by atoms with Crippen molar-refractivity contribution in [2.24, 2.45) is 0 Å². The highest BCUT2D eigenvalue weighted by molar-refractivity contribution is 7.22. The van der Waals surface area contributed by atoms with Crippen molar-refractivity contribution in [3.63, 3.8) is 0 Å². The van der Waals surface area contributed by atoms with Crippen molar-refractivity contribution >= 4 is 32.6 Å². The summed E-state index contributed by atoms with van der Waals surface area (Å²) in [4.78, 5) is 21.8. The van der Waals surface area contributed by atoms with Crippen LogP contribution in [-0.4, -0.2) is 49.1 Å². The summed E-state index contributed by atoms with van der Waals surface area (Å²) in [7, 11) is 1.68. The molecule has 3 aromatic rings. The quantitative estimate of drug-likeness (QED) is 0.630. The molecule has 0 atom stereocenters. The number of anilines is 1. The summed E-state index contributed by atoms with van der Waals surface area (Å²) in [5.41, 5.74) is 3.31. The number of fused-ring (bicyclic) bond motifs is 1. The Balaban J connectivity index is 1.37. The standard InChI is InChI=1S/C23H27N3O2S/c1-16(2)18-9-7-17(8-10-18)15-21(27)25-11-13-26(14-12-25)23-24-22-19(28-3)5-4-6-20(22)29-23/h4-10,16H,11-15H2,1-3H3. The third kappa shape index (κ3) is 4.22. The summed E-state index contributed by atoms with van der Waals surface area (Å²) in [5.74, 6) is 1.52. The first kappa shape index (κ1) is 19.7. The van der Waals surface area contributed by atoms with Crippen LogP contribution >= 0.6 is 11.3 Å². The van der Waals surface area contributed by atoms with E-state index < -0.39 is 0 Å². The van der Waals surface area contributed by atoms with Crippen LogP contribution in [0.5, 0.6) is 5.75 Å². The molecule has 1 fully saturated rings. The predicted octanol–water partition coefficient (Wildman–Crippen LogP) is 4.32. The minimum atomic E-state index is 0.202. The van der Waals surface area contributed by atoms with Gasteiger partial charge in [0.15, 0.2) is 5.13 Å². The van der Waals surface area contributed by atoms with Crippen LogP contribution in [-0.2, 0) is 11.2 Å². The molecule has 0 unspecified atom stereocenters. The normalized spacial score (nSPS) is 14.6. The second kappa shape index (κ2) is 8.41. The summed E-state index contributed by atoms with van der Waals surface area (Å²) in [6.07, 6.45) is 0.469. The molecule has 1 aliphatic rings. The molecule has 29 heavy (non-hydrogen) atoms. The highest BCUT2D eigenvalue weighted by atomic mass is 32.1. The molecule has 1 aliphatic heterocycles. The van der Waals surface area contributed by atoms with E-state index in [0.29, 0.717) is 12.3 Å². The molecule has 152 valence electrons. The van der Waals surface area contributed by atoms with E-state index in [1.165, 1.54) is 5.56 Å². The van der Waals surface area contributed by atoms with Crippen molar-refractivity contribution in [3.8, 4) is 5.75 Å². The van der Waals surface area contributed by atoms with Gasteiger partial charge in [-0.25, -0.2) is 4.98 Å². The lowest BCUT2D eigenvalue weighted by molar-refractivity contribution is -0.130. The lowest BCUT2D eigenvalue weighted by Gasteiger charge is -2.34. The summed E-state index contributed by atoms with van der Waals surface area (Å²) in [5, 5.41) is 1.00. The molecule has 1 saturated heterocycles. The van der Waals surface area contributed by atoms with Crippen molar-refractivity contribution in [2.45, 2.75) is 26.2 Å². The van der Waals surface area contributed by atoms with Gasteiger partial charge >= 0.3 is 0 Å². The van der Waals surface area contributed by atoms with Crippen molar-refractivity contribution in [3.05, 3.63) is 53.6 Å². The summed E-state index contributed by atoms with van der Waals surface area (Å²) in [6.45, 7) is 7.44. The minimum absolute atomic E-state index is 0.202. The predicted molar refractivity (Wildman–Crippen MR) is 119 cm³/mol. The molecule has 0 radical (unpaired) electrons. The van der Waals surface area contributed by atoms with Crippen LogP contribution in [0.2, 0.25) is 0 Å². The number of hydrogen-bond acceptors (Lipinski definition) is 5. The van der Waals surface area contributed by atoms with E-state index in [-0.39, 0.29) is 5.91 Å². The maximum absolute atomic E-state index is 12.7. The molecule has 1 aromatic heterocycles. The molecule has 0 aliphatic carbocycles. The largest absolute Gasteiger partial charge is 0.494 e. The van der Waals surface area contributed by atoms with Crippen molar-refractivity contribution in [1.82, 2.24) is 9.88 Å². The van der Waals surface area contributed by atoms with E-state index in [9.17, 15) is 4.79 Å². The van der Waals surface area contributed by atoms with E-state index in [1.807, 2.05) is 17.0 Å². The molecule has 5 nitrogen and oxygen atoms in total. The number of para-hydroxylation sites is 1. The number of rotatable bonds is 5. The molecule has 4 rings (SSSR count). The van der Waals surface area contributed by atoms with E-state index in [2.05, 4.69) is 49.1 Å². The molecular formula is C23H27N3O2S. The van der Waals surface area contributed by atoms with Crippen molar-refractivity contribution in [1.29, 1.82) is 0 Å². The van der Waals surface area contributed by atoms with Crippen molar-refractivity contribution in [2.75, 3.05) is 38.2 Å². The van der Waals surface area contributed by atoms with Crippen LogP contribution < -0.4 is 9.64 Å². The fourth-order valence-corrected chi connectivity index (χ4v) is 4.70. The van der Waals surface area contributed by atoms with Crippen LogP contribution in [0.15, 0.2) is 42.5 Å². The summed E-state index contributed by atoms with van der Waals surface area (Å²) < 4.78 is 6.55. The monoisotopic (exact) mass is 409 g/mol. The van der Waals surface area contributed by atoms with Crippen LogP contribution in [0, 0.1) is 0 Å². The van der Waals surface area contributed by atoms with Crippen LogP contribution in [0.1, 0.15) is 30.9 Å². The van der Waals surface area contributed by atoms with Gasteiger partial charge in [0.05, 0.1) is 18.2 Å². The lowest BCUT2D eigenvalue weighted by atomic mass is 10.0. The van der Waals surface area contributed by atoms with Gasteiger partial charge in [-0.15, -0.1) is 0 Å². The Bertz CT molecular complexity index is 989. The first-order chi connectivity index (χ1) is 14.0. The number of ether oxygens (including phenoxy) is 1. The number of hydrogen-bond donors (Lipinski definition) is 0. The van der Waals surface area contributed by atoms with Gasteiger partial charge in [-0.3, -0.25) is 4.79 Å². The van der Waals surface area contributed by atoms with E-state index in [1.54, 1.807) is 18.4 Å². The zero-order valence-electron chi connectivity index (χ0n) is 17.2. The Morgan fingerprint density at radius 3 is 2.48 bits per heavy atom. The minimum Gasteiger partial charge on any atom is -0.494 e. The number of carbonyl (C=O) groups is 1. The number of piperazine rings is 1. The van der Waals surface area contributed by atoms with Gasteiger partial charge in [0.1, 0.15) is 11.3 Å². The Kier molecular flexibility index (Phi) is 5.72. The van der Waals surface area contributed by atoms with Crippen LogP contribution in [0.25, 0.3) is 10.2 Å². The van der Waals surface area contributed by atoms with Gasteiger partial charge in [-0.1, -0.05) is 55.5 Å². The smallest absolute Gasteiger partial charge is 0.227 e. The third-order valence-corrected chi connectivity index (χ3v) is 6.58. The van der Waals surface area contributed by atoms with Gasteiger partial charge < -0.3 is 14.5 Å². The highest BCUT2D eigenvalue weighted by Crippen LogP contribution is 2.34. The molecule has 0 saturated carbocycles. The van der Waals surface area contributed by atoms with Gasteiger partial charge in [-0.2, -0.15) is 0 Å². The first-order valence-electron chi connectivity index (χ1n) is 10.1. The van der Waals surface area contributed by atoms with Gasteiger partial charge in [0, 0.05) is 26.2 Å². The SMILES string of the molecule is COc1cccc2sc(N3CCN(C(=O)Cc4ccc(C(C)C)cc4)CC3)nc12. The maximum atomic E-state index is 12.7. The molecule has 0 N–H and O–H groups in total. The number of aromatic nitrogens is 1. The van der Waals surface area contributed by atoms with Gasteiger partial charge in [-0.05, 0) is 29.2 Å². The number of thiazole rings is 1. The topological polar surface area (TPSA) is 45.7 Å². The number of carbonyl (C=O) groups excluding carboxylic acids is 1. The molecule has 0 spiro atoms. The zero-order chi connectivity index (χ0) is 20.4. The van der Waals surface area contributed by atoms with E-state index in [0.717, 1.165) is 52.8 Å². The molecular weight excluding hydrogens is 382 g/mol. The van der Waals surface area contributed by atoms with Crippen molar-refractivity contribution < 1.29 is 9.53 Å². The summed E-state index contributed by atoms with van der Waals surface area (Å²) >= 11 is 1.68. The number of methoxy groups -OCH3 is 1. The Morgan fingerprint density at radius 1 is 1.10 bits per heavy atom. The average Bonchev–Trinajstić information content (AvgIpc) is 3.18. The maximum Gasteiger partial charge on any atom is 0.227 e. The second-order valence-corrected chi connectivity index (χ2v) is 8.75. The highest BCUT2D eigenvalue weighted by Gasteiger charge is 2.23. The molecule has 2 aromatic carbocycles. The van der Waals surface area contributed by atoms with Crippen LogP contribution in [0.4, 0.5) is 5.13 Å². The Hall–Kier alpha value is -2.60. The fourth-order valence-electron chi connectivity index (χ4n) is 3.67. The third-order valence-electron chi connectivity index (χ3n) is 5.50. The number of benzene rings is 2. The summed E-state index contributed by atoms with van der Waals surface area (Å²) in [6, 6.07) is 14.4. The zero-order valence-corrected chi connectivity index (χ0v) is 18.0. The van der Waals surface area contributed by atoms with Gasteiger partial charge in [0.2, 0.25) is 5.91 Å². The van der Waals surface area contributed by atoms with Gasteiger partial charge in [0.25, 0.3) is 0 Å².